The monoisotopic (exact) mass is 395 g/mol. The van der Waals surface area contributed by atoms with Gasteiger partial charge in [0.05, 0.1) is 7.11 Å². The van der Waals surface area contributed by atoms with Crippen LogP contribution in [0.3, 0.4) is 0 Å². The van der Waals surface area contributed by atoms with Gasteiger partial charge in [-0.15, -0.1) is 0 Å². The van der Waals surface area contributed by atoms with Crippen molar-refractivity contribution in [3.63, 3.8) is 0 Å². The van der Waals surface area contributed by atoms with Crippen molar-refractivity contribution in [3.05, 3.63) is 42.1 Å². The minimum atomic E-state index is 0.434. The number of nitrogens with zero attached hydrogens (tertiary/aromatic N) is 4. The van der Waals surface area contributed by atoms with Crippen LogP contribution in [-0.2, 0) is 6.54 Å². The maximum atomic E-state index is 5.50. The molecule has 0 spiro atoms. The molecule has 29 heavy (non-hydrogen) atoms. The molecule has 0 saturated carbocycles. The summed E-state index contributed by atoms with van der Waals surface area (Å²) in [4.78, 5) is 14.2. The van der Waals surface area contributed by atoms with Gasteiger partial charge in [0.2, 0.25) is 5.95 Å². The third-order valence-corrected chi connectivity index (χ3v) is 6.08. The molecule has 1 aromatic carbocycles. The van der Waals surface area contributed by atoms with E-state index in [0.29, 0.717) is 6.04 Å². The number of methoxy groups -OCH3 is 1. The number of likely N-dealkylation sites (tertiary alicyclic amines) is 1. The van der Waals surface area contributed by atoms with Gasteiger partial charge < -0.3 is 15.0 Å². The summed E-state index contributed by atoms with van der Waals surface area (Å²) in [6, 6.07) is 10.8. The number of ether oxygens (including phenoxy) is 1. The van der Waals surface area contributed by atoms with Crippen molar-refractivity contribution in [3.8, 4) is 5.75 Å². The summed E-state index contributed by atoms with van der Waals surface area (Å²) in [6.45, 7) is 5.30. The van der Waals surface area contributed by atoms with Crippen molar-refractivity contribution in [2.24, 2.45) is 0 Å². The Hall–Kier alpha value is -2.34. The van der Waals surface area contributed by atoms with Crippen molar-refractivity contribution >= 4 is 11.8 Å². The lowest BCUT2D eigenvalue weighted by atomic mass is 10.0. The first-order valence-corrected chi connectivity index (χ1v) is 11.0. The number of nitrogens with one attached hydrogen (secondary N) is 1. The second kappa shape index (κ2) is 9.92. The molecule has 0 atom stereocenters. The molecule has 2 aliphatic heterocycles. The highest BCUT2D eigenvalue weighted by molar-refractivity contribution is 5.43. The van der Waals surface area contributed by atoms with Gasteiger partial charge in [0, 0.05) is 50.5 Å². The molecule has 2 fully saturated rings. The molecule has 2 aromatic rings. The fourth-order valence-electron chi connectivity index (χ4n) is 4.39. The molecule has 3 heterocycles. The molecule has 6 heteroatoms. The predicted molar refractivity (Wildman–Crippen MR) is 118 cm³/mol. The zero-order valence-electron chi connectivity index (χ0n) is 17.5. The largest absolute Gasteiger partial charge is 0.496 e. The molecule has 0 aliphatic carbocycles. The summed E-state index contributed by atoms with van der Waals surface area (Å²) in [6.07, 6.45) is 9.29. The van der Waals surface area contributed by atoms with E-state index < -0.39 is 0 Å². The highest BCUT2D eigenvalue weighted by Gasteiger charge is 2.21. The Bertz CT molecular complexity index is 767. The van der Waals surface area contributed by atoms with Gasteiger partial charge in [-0.1, -0.05) is 31.0 Å². The minimum absolute atomic E-state index is 0.434. The fraction of sp³-hybridized carbons (Fsp3) is 0.565. The summed E-state index contributed by atoms with van der Waals surface area (Å²) in [5.74, 6) is 2.82. The number of hydrogen-bond acceptors (Lipinski definition) is 6. The molecule has 2 saturated heterocycles. The van der Waals surface area contributed by atoms with E-state index in [9.17, 15) is 0 Å². The van der Waals surface area contributed by atoms with Crippen LogP contribution < -0.4 is 15.0 Å². The molecular formula is C23H33N5O. The normalized spacial score (nSPS) is 19.0. The number of aromatic nitrogens is 2. The topological polar surface area (TPSA) is 53.5 Å². The number of benzene rings is 1. The molecule has 2 aliphatic rings. The van der Waals surface area contributed by atoms with E-state index in [1.54, 1.807) is 7.11 Å². The van der Waals surface area contributed by atoms with Crippen LogP contribution in [0.5, 0.6) is 5.75 Å². The molecule has 156 valence electrons. The number of piperidine rings is 1. The molecule has 4 rings (SSSR count). The molecular weight excluding hydrogens is 362 g/mol. The van der Waals surface area contributed by atoms with E-state index in [4.69, 9.17) is 9.72 Å². The quantitative estimate of drug-likeness (QED) is 0.799. The Morgan fingerprint density at radius 3 is 2.52 bits per heavy atom. The maximum absolute atomic E-state index is 5.50. The van der Waals surface area contributed by atoms with E-state index in [-0.39, 0.29) is 0 Å². The molecule has 0 bridgehead atoms. The van der Waals surface area contributed by atoms with Crippen molar-refractivity contribution in [1.29, 1.82) is 0 Å². The fourth-order valence-corrected chi connectivity index (χ4v) is 4.39. The molecule has 0 amide bonds. The van der Waals surface area contributed by atoms with E-state index in [1.165, 1.54) is 31.2 Å². The Morgan fingerprint density at radius 2 is 1.76 bits per heavy atom. The highest BCUT2D eigenvalue weighted by atomic mass is 16.5. The number of anilines is 2. The van der Waals surface area contributed by atoms with Gasteiger partial charge in [0.15, 0.2) is 0 Å². The zero-order valence-corrected chi connectivity index (χ0v) is 17.5. The third kappa shape index (κ3) is 5.38. The van der Waals surface area contributed by atoms with Crippen LogP contribution >= 0.6 is 0 Å². The van der Waals surface area contributed by atoms with Crippen LogP contribution in [0.15, 0.2) is 36.5 Å². The second-order valence-electron chi connectivity index (χ2n) is 8.15. The molecule has 0 unspecified atom stereocenters. The Kier molecular flexibility index (Phi) is 6.83. The van der Waals surface area contributed by atoms with Gasteiger partial charge in [-0.25, -0.2) is 4.98 Å². The Balaban J connectivity index is 1.30. The minimum Gasteiger partial charge on any atom is -0.496 e. The first kappa shape index (κ1) is 20.0. The number of para-hydroxylation sites is 1. The van der Waals surface area contributed by atoms with E-state index in [0.717, 1.165) is 63.1 Å². The van der Waals surface area contributed by atoms with Crippen molar-refractivity contribution in [1.82, 2.24) is 14.9 Å². The summed E-state index contributed by atoms with van der Waals surface area (Å²) in [5.41, 5.74) is 1.26. The Labute approximate surface area is 174 Å². The van der Waals surface area contributed by atoms with Crippen LogP contribution in [0.2, 0.25) is 0 Å². The molecule has 0 radical (unpaired) electrons. The summed E-state index contributed by atoms with van der Waals surface area (Å²) < 4.78 is 5.50. The van der Waals surface area contributed by atoms with Gasteiger partial charge in [0.1, 0.15) is 11.6 Å². The lowest BCUT2D eigenvalue weighted by Crippen LogP contribution is -2.39. The summed E-state index contributed by atoms with van der Waals surface area (Å²) in [5, 5.41) is 3.58. The van der Waals surface area contributed by atoms with Crippen LogP contribution in [0.1, 0.15) is 44.1 Å². The zero-order chi connectivity index (χ0) is 19.9. The van der Waals surface area contributed by atoms with Crippen LogP contribution in [0, 0.1) is 0 Å². The van der Waals surface area contributed by atoms with Gasteiger partial charge in [-0.05, 0) is 37.8 Å². The van der Waals surface area contributed by atoms with Gasteiger partial charge in [-0.2, -0.15) is 4.98 Å². The lowest BCUT2D eigenvalue weighted by molar-refractivity contribution is 0.208. The van der Waals surface area contributed by atoms with Crippen LogP contribution in [0.4, 0.5) is 11.8 Å². The first-order chi connectivity index (χ1) is 14.3. The first-order valence-electron chi connectivity index (χ1n) is 11.0. The van der Waals surface area contributed by atoms with E-state index in [2.05, 4.69) is 32.2 Å². The van der Waals surface area contributed by atoms with Crippen molar-refractivity contribution < 1.29 is 4.74 Å². The predicted octanol–water partition coefficient (Wildman–Crippen LogP) is 3.94. The Morgan fingerprint density at radius 1 is 1.00 bits per heavy atom. The molecule has 6 nitrogen and oxygen atoms in total. The average Bonchev–Trinajstić information content (AvgIpc) is 3.05. The van der Waals surface area contributed by atoms with Crippen LogP contribution in [0.25, 0.3) is 0 Å². The van der Waals surface area contributed by atoms with Gasteiger partial charge in [-0.3, -0.25) is 4.90 Å². The SMILES string of the molecule is COc1ccccc1CN1CCC(Nc2nccc(N3CCCCCC3)n2)CC1. The summed E-state index contributed by atoms with van der Waals surface area (Å²) >= 11 is 0. The molecule has 1 N–H and O–H groups in total. The maximum Gasteiger partial charge on any atom is 0.224 e. The van der Waals surface area contributed by atoms with E-state index in [1.807, 2.05) is 24.4 Å². The lowest BCUT2D eigenvalue weighted by Gasteiger charge is -2.32. The average molecular weight is 396 g/mol. The summed E-state index contributed by atoms with van der Waals surface area (Å²) in [7, 11) is 1.74. The van der Waals surface area contributed by atoms with Gasteiger partial charge in [0.25, 0.3) is 0 Å². The van der Waals surface area contributed by atoms with Crippen molar-refractivity contribution in [2.75, 3.05) is 43.5 Å². The van der Waals surface area contributed by atoms with Crippen molar-refractivity contribution in [2.45, 2.75) is 51.1 Å². The second-order valence-corrected chi connectivity index (χ2v) is 8.15. The number of rotatable bonds is 6. The highest BCUT2D eigenvalue weighted by Crippen LogP contribution is 2.23. The standard InChI is InChI=1S/C23H33N5O/c1-29-21-9-5-4-8-19(21)18-27-16-11-20(12-17-27)25-23-24-13-10-22(26-23)28-14-6-2-3-7-15-28/h4-5,8-10,13,20H,2-3,6-7,11-12,14-18H2,1H3,(H,24,25,26). The molecule has 1 aromatic heterocycles. The number of hydrogen-bond donors (Lipinski definition) is 1. The van der Waals surface area contributed by atoms with E-state index >= 15 is 0 Å². The third-order valence-electron chi connectivity index (χ3n) is 6.08. The smallest absolute Gasteiger partial charge is 0.224 e. The van der Waals surface area contributed by atoms with Crippen LogP contribution in [-0.4, -0.2) is 54.2 Å². The van der Waals surface area contributed by atoms with Gasteiger partial charge >= 0.3 is 0 Å².